The van der Waals surface area contributed by atoms with Crippen LogP contribution in [0.3, 0.4) is 0 Å². The standard InChI is InChI=1S/C22H33N3O2/c1-8-25(9-2)17-10-11-18(15(3)14-17)24-20(26)13-12-19-16(4)23-21(27-19)22(5,6)7/h10-11,14H,8-9,12-13H2,1-7H3,(H,24,26). The number of anilines is 2. The van der Waals surface area contributed by atoms with Crippen molar-refractivity contribution in [1.29, 1.82) is 0 Å². The quantitative estimate of drug-likeness (QED) is 0.743. The molecule has 5 heteroatoms. The van der Waals surface area contributed by atoms with E-state index in [1.807, 2.05) is 19.9 Å². The lowest BCUT2D eigenvalue weighted by Crippen LogP contribution is -2.22. The van der Waals surface area contributed by atoms with Crippen molar-refractivity contribution in [1.82, 2.24) is 4.98 Å². The number of hydrogen-bond donors (Lipinski definition) is 1. The van der Waals surface area contributed by atoms with E-state index in [2.05, 4.69) is 62.0 Å². The number of rotatable bonds is 7. The fourth-order valence-electron chi connectivity index (χ4n) is 2.99. The Bertz CT molecular complexity index is 783. The molecule has 0 spiro atoms. The number of benzene rings is 1. The Kier molecular flexibility index (Phi) is 6.68. The Morgan fingerprint density at radius 1 is 1.19 bits per heavy atom. The smallest absolute Gasteiger partial charge is 0.224 e. The molecule has 0 radical (unpaired) electrons. The van der Waals surface area contributed by atoms with E-state index in [1.54, 1.807) is 0 Å². The summed E-state index contributed by atoms with van der Waals surface area (Å²) < 4.78 is 5.87. The van der Waals surface area contributed by atoms with Gasteiger partial charge in [-0.15, -0.1) is 0 Å². The van der Waals surface area contributed by atoms with Gasteiger partial charge in [0, 0.05) is 42.7 Å². The van der Waals surface area contributed by atoms with E-state index in [-0.39, 0.29) is 11.3 Å². The van der Waals surface area contributed by atoms with Gasteiger partial charge < -0.3 is 14.6 Å². The fourth-order valence-corrected chi connectivity index (χ4v) is 2.99. The Labute approximate surface area is 163 Å². The zero-order valence-electron chi connectivity index (χ0n) is 17.8. The van der Waals surface area contributed by atoms with E-state index in [9.17, 15) is 4.79 Å². The van der Waals surface area contributed by atoms with Crippen LogP contribution in [-0.2, 0) is 16.6 Å². The number of carbonyl (C=O) groups is 1. The lowest BCUT2D eigenvalue weighted by molar-refractivity contribution is -0.116. The van der Waals surface area contributed by atoms with Gasteiger partial charge in [0.15, 0.2) is 5.89 Å². The van der Waals surface area contributed by atoms with Crippen molar-refractivity contribution in [3.8, 4) is 0 Å². The Hall–Kier alpha value is -2.30. The van der Waals surface area contributed by atoms with E-state index in [0.29, 0.717) is 12.8 Å². The molecule has 0 saturated carbocycles. The number of nitrogens with zero attached hydrogens (tertiary/aromatic N) is 2. The highest BCUT2D eigenvalue weighted by Gasteiger charge is 2.22. The van der Waals surface area contributed by atoms with Crippen LogP contribution in [0.2, 0.25) is 0 Å². The highest BCUT2D eigenvalue weighted by Crippen LogP contribution is 2.25. The van der Waals surface area contributed by atoms with Gasteiger partial charge >= 0.3 is 0 Å². The molecule has 27 heavy (non-hydrogen) atoms. The van der Waals surface area contributed by atoms with Gasteiger partial charge in [-0.2, -0.15) is 0 Å². The molecule has 2 rings (SSSR count). The van der Waals surface area contributed by atoms with E-state index in [0.717, 1.165) is 41.7 Å². The van der Waals surface area contributed by atoms with Crippen LogP contribution in [0.1, 0.15) is 63.9 Å². The summed E-state index contributed by atoms with van der Waals surface area (Å²) in [4.78, 5) is 19.2. The largest absolute Gasteiger partial charge is 0.445 e. The van der Waals surface area contributed by atoms with E-state index in [1.165, 1.54) is 5.69 Å². The highest BCUT2D eigenvalue weighted by molar-refractivity contribution is 5.91. The molecule has 0 aliphatic rings. The summed E-state index contributed by atoms with van der Waals surface area (Å²) in [7, 11) is 0. The Balaban J connectivity index is 1.99. The van der Waals surface area contributed by atoms with E-state index >= 15 is 0 Å². The second-order valence-corrected chi connectivity index (χ2v) is 8.00. The van der Waals surface area contributed by atoms with Crippen molar-refractivity contribution < 1.29 is 9.21 Å². The molecule has 0 saturated heterocycles. The van der Waals surface area contributed by atoms with Gasteiger partial charge in [0.25, 0.3) is 0 Å². The molecule has 0 unspecified atom stereocenters. The average molecular weight is 372 g/mol. The molecule has 2 aromatic rings. The molecule has 1 aromatic heterocycles. The maximum absolute atomic E-state index is 12.4. The predicted octanol–water partition coefficient (Wildman–Crippen LogP) is 5.01. The second-order valence-electron chi connectivity index (χ2n) is 8.00. The topological polar surface area (TPSA) is 58.4 Å². The lowest BCUT2D eigenvalue weighted by atomic mass is 9.97. The summed E-state index contributed by atoms with van der Waals surface area (Å²) in [5, 5.41) is 3.02. The molecule has 1 amide bonds. The first-order chi connectivity index (χ1) is 12.7. The number of amides is 1. The predicted molar refractivity (Wildman–Crippen MR) is 112 cm³/mol. The van der Waals surface area contributed by atoms with Gasteiger partial charge in [-0.3, -0.25) is 4.79 Å². The lowest BCUT2D eigenvalue weighted by Gasteiger charge is -2.22. The molecule has 0 bridgehead atoms. The third-order valence-electron chi connectivity index (χ3n) is 4.73. The SMILES string of the molecule is CCN(CC)c1ccc(NC(=O)CCc2oc(C(C)(C)C)nc2C)c(C)c1. The third kappa shape index (κ3) is 5.34. The molecule has 1 heterocycles. The van der Waals surface area contributed by atoms with Gasteiger partial charge in [0.2, 0.25) is 5.91 Å². The summed E-state index contributed by atoms with van der Waals surface area (Å²) in [6.45, 7) is 16.4. The van der Waals surface area contributed by atoms with Crippen molar-refractivity contribution in [2.75, 3.05) is 23.3 Å². The van der Waals surface area contributed by atoms with Crippen LogP contribution in [0, 0.1) is 13.8 Å². The maximum Gasteiger partial charge on any atom is 0.224 e. The first kappa shape index (κ1) is 21.0. The average Bonchev–Trinajstić information content (AvgIpc) is 2.98. The molecular formula is C22H33N3O2. The number of oxazole rings is 1. The van der Waals surface area contributed by atoms with Crippen molar-refractivity contribution in [3.63, 3.8) is 0 Å². The number of aryl methyl sites for hydroxylation is 3. The van der Waals surface area contributed by atoms with Gasteiger partial charge in [0.05, 0.1) is 5.69 Å². The van der Waals surface area contributed by atoms with Crippen molar-refractivity contribution in [2.45, 2.75) is 66.7 Å². The van der Waals surface area contributed by atoms with Crippen LogP contribution in [0.4, 0.5) is 11.4 Å². The number of aromatic nitrogens is 1. The minimum atomic E-state index is -0.130. The van der Waals surface area contributed by atoms with Gasteiger partial charge in [-0.05, 0) is 51.5 Å². The van der Waals surface area contributed by atoms with Crippen LogP contribution < -0.4 is 10.2 Å². The monoisotopic (exact) mass is 371 g/mol. The molecule has 0 atom stereocenters. The molecule has 148 valence electrons. The first-order valence-electron chi connectivity index (χ1n) is 9.78. The van der Waals surface area contributed by atoms with E-state index in [4.69, 9.17) is 4.42 Å². The molecule has 1 N–H and O–H groups in total. The summed E-state index contributed by atoms with van der Waals surface area (Å²) >= 11 is 0. The summed E-state index contributed by atoms with van der Waals surface area (Å²) in [6, 6.07) is 6.17. The number of hydrogen-bond acceptors (Lipinski definition) is 4. The Morgan fingerprint density at radius 2 is 1.85 bits per heavy atom. The molecular weight excluding hydrogens is 338 g/mol. The third-order valence-corrected chi connectivity index (χ3v) is 4.73. The normalized spacial score (nSPS) is 11.5. The highest BCUT2D eigenvalue weighted by atomic mass is 16.4. The number of nitrogens with one attached hydrogen (secondary N) is 1. The molecule has 1 aromatic carbocycles. The summed E-state index contributed by atoms with van der Waals surface area (Å²) in [5.41, 5.74) is 3.85. The van der Waals surface area contributed by atoms with Crippen molar-refractivity contribution in [2.24, 2.45) is 0 Å². The van der Waals surface area contributed by atoms with Crippen LogP contribution in [0.25, 0.3) is 0 Å². The van der Waals surface area contributed by atoms with E-state index < -0.39 is 0 Å². The van der Waals surface area contributed by atoms with Gasteiger partial charge in [-0.25, -0.2) is 4.98 Å². The zero-order valence-corrected chi connectivity index (χ0v) is 17.8. The minimum absolute atomic E-state index is 0.0122. The van der Waals surface area contributed by atoms with Crippen LogP contribution in [0.5, 0.6) is 0 Å². The summed E-state index contributed by atoms with van der Waals surface area (Å²) in [5.74, 6) is 1.50. The van der Waals surface area contributed by atoms with Crippen molar-refractivity contribution in [3.05, 3.63) is 41.1 Å². The van der Waals surface area contributed by atoms with Crippen LogP contribution in [-0.4, -0.2) is 24.0 Å². The first-order valence-corrected chi connectivity index (χ1v) is 9.78. The Morgan fingerprint density at radius 3 is 2.37 bits per heavy atom. The second kappa shape index (κ2) is 8.59. The van der Waals surface area contributed by atoms with Gasteiger partial charge in [0.1, 0.15) is 5.76 Å². The number of carbonyl (C=O) groups excluding carboxylic acids is 1. The fraction of sp³-hybridized carbons (Fsp3) is 0.545. The zero-order chi connectivity index (χ0) is 20.2. The van der Waals surface area contributed by atoms with Crippen LogP contribution in [0.15, 0.2) is 22.6 Å². The molecule has 0 aliphatic heterocycles. The van der Waals surface area contributed by atoms with Crippen molar-refractivity contribution >= 4 is 17.3 Å². The molecule has 5 nitrogen and oxygen atoms in total. The van der Waals surface area contributed by atoms with Gasteiger partial charge in [-0.1, -0.05) is 20.8 Å². The maximum atomic E-state index is 12.4. The molecule has 0 aliphatic carbocycles. The minimum Gasteiger partial charge on any atom is -0.445 e. The summed E-state index contributed by atoms with van der Waals surface area (Å²) in [6.07, 6.45) is 0.925. The van der Waals surface area contributed by atoms with Crippen LogP contribution >= 0.6 is 0 Å². The molecule has 0 fully saturated rings.